The van der Waals surface area contributed by atoms with E-state index >= 15 is 0 Å². The number of pyridine rings is 1. The van der Waals surface area contributed by atoms with Crippen LogP contribution < -0.4 is 10.5 Å². The van der Waals surface area contributed by atoms with Crippen LogP contribution in [-0.2, 0) is 6.42 Å². The highest BCUT2D eigenvalue weighted by molar-refractivity contribution is 5.83. The van der Waals surface area contributed by atoms with E-state index in [0.29, 0.717) is 16.8 Å². The molecular formula is C23H29N5O2. The van der Waals surface area contributed by atoms with Gasteiger partial charge in [-0.3, -0.25) is 4.90 Å². The molecule has 3 aromatic rings. The van der Waals surface area contributed by atoms with Crippen LogP contribution in [0.25, 0.3) is 22.4 Å². The first kappa shape index (κ1) is 20.5. The summed E-state index contributed by atoms with van der Waals surface area (Å²) < 4.78 is 5.69. The van der Waals surface area contributed by atoms with E-state index in [-0.39, 0.29) is 5.63 Å². The maximum Gasteiger partial charge on any atom is 0.347 e. The molecule has 1 aromatic carbocycles. The van der Waals surface area contributed by atoms with Crippen molar-refractivity contribution in [1.29, 1.82) is 0 Å². The summed E-state index contributed by atoms with van der Waals surface area (Å²) >= 11 is 0. The number of nitrogens with zero attached hydrogens (tertiary/aromatic N) is 5. The molecule has 0 spiro atoms. The number of hydrogen-bond donors (Lipinski definition) is 0. The summed E-state index contributed by atoms with van der Waals surface area (Å²) in [6, 6.07) is 9.55. The molecule has 1 aliphatic heterocycles. The zero-order valence-electron chi connectivity index (χ0n) is 18.0. The molecule has 1 saturated heterocycles. The second kappa shape index (κ2) is 8.93. The molecule has 0 atom stereocenters. The SMILES string of the molecule is CCc1cccc2nc(-c3cccnc3N3CCN(CCN(C)C)CC3)oc(=O)c12. The summed E-state index contributed by atoms with van der Waals surface area (Å²) in [6.07, 6.45) is 2.55. The Labute approximate surface area is 176 Å². The molecule has 0 saturated carbocycles. The molecule has 0 N–H and O–H groups in total. The van der Waals surface area contributed by atoms with E-state index in [0.717, 1.165) is 62.6 Å². The summed E-state index contributed by atoms with van der Waals surface area (Å²) in [4.78, 5) is 29.0. The summed E-state index contributed by atoms with van der Waals surface area (Å²) in [5.41, 5.74) is 2.06. The predicted octanol–water partition coefficient (Wildman–Crippen LogP) is 2.50. The molecule has 2 aromatic heterocycles. The van der Waals surface area contributed by atoms with Crippen LogP contribution in [0.3, 0.4) is 0 Å². The number of likely N-dealkylation sites (N-methyl/N-ethyl adjacent to an activating group) is 1. The Hall–Kier alpha value is -2.77. The zero-order chi connectivity index (χ0) is 21.1. The lowest BCUT2D eigenvalue weighted by Crippen LogP contribution is -2.48. The van der Waals surface area contributed by atoms with Gasteiger partial charge in [0, 0.05) is 45.5 Å². The number of piperazine rings is 1. The van der Waals surface area contributed by atoms with Crippen molar-refractivity contribution in [2.24, 2.45) is 0 Å². The number of aryl methyl sites for hydroxylation is 1. The Morgan fingerprint density at radius 2 is 1.90 bits per heavy atom. The third-order valence-corrected chi connectivity index (χ3v) is 5.68. The first-order valence-corrected chi connectivity index (χ1v) is 10.6. The lowest BCUT2D eigenvalue weighted by Gasteiger charge is -2.36. The number of aromatic nitrogens is 2. The zero-order valence-corrected chi connectivity index (χ0v) is 18.0. The lowest BCUT2D eigenvalue weighted by atomic mass is 10.1. The first-order valence-electron chi connectivity index (χ1n) is 10.6. The highest BCUT2D eigenvalue weighted by Crippen LogP contribution is 2.29. The van der Waals surface area contributed by atoms with Crippen molar-refractivity contribution >= 4 is 16.7 Å². The Kier molecular flexibility index (Phi) is 6.11. The molecule has 0 bridgehead atoms. The molecule has 1 fully saturated rings. The highest BCUT2D eigenvalue weighted by atomic mass is 16.4. The van der Waals surface area contributed by atoms with Gasteiger partial charge in [0.25, 0.3) is 0 Å². The van der Waals surface area contributed by atoms with Gasteiger partial charge in [-0.05, 0) is 44.3 Å². The van der Waals surface area contributed by atoms with E-state index in [1.807, 2.05) is 37.3 Å². The van der Waals surface area contributed by atoms with Crippen LogP contribution in [0.4, 0.5) is 5.82 Å². The third-order valence-electron chi connectivity index (χ3n) is 5.68. The summed E-state index contributed by atoms with van der Waals surface area (Å²) in [5.74, 6) is 1.16. The predicted molar refractivity (Wildman–Crippen MR) is 120 cm³/mol. The Balaban J connectivity index is 1.63. The minimum absolute atomic E-state index is 0.332. The summed E-state index contributed by atoms with van der Waals surface area (Å²) in [5, 5.41) is 0.573. The lowest BCUT2D eigenvalue weighted by molar-refractivity contribution is 0.229. The highest BCUT2D eigenvalue weighted by Gasteiger charge is 2.22. The van der Waals surface area contributed by atoms with Crippen molar-refractivity contribution in [2.75, 3.05) is 58.3 Å². The van der Waals surface area contributed by atoms with Gasteiger partial charge < -0.3 is 14.2 Å². The van der Waals surface area contributed by atoms with Gasteiger partial charge in [-0.1, -0.05) is 19.1 Å². The fourth-order valence-electron chi connectivity index (χ4n) is 3.94. The monoisotopic (exact) mass is 407 g/mol. The van der Waals surface area contributed by atoms with Gasteiger partial charge in [0.05, 0.1) is 16.5 Å². The first-order chi connectivity index (χ1) is 14.6. The molecule has 4 rings (SSSR count). The largest absolute Gasteiger partial charge is 0.403 e. The van der Waals surface area contributed by atoms with Crippen molar-refractivity contribution in [3.8, 4) is 11.5 Å². The van der Waals surface area contributed by atoms with Gasteiger partial charge in [-0.25, -0.2) is 14.8 Å². The van der Waals surface area contributed by atoms with Crippen LogP contribution in [-0.4, -0.2) is 73.1 Å². The average Bonchev–Trinajstić information content (AvgIpc) is 2.77. The standard InChI is InChI=1S/C23H29N5O2/c1-4-17-7-5-9-19-20(17)23(29)30-22(25-19)18-8-6-10-24-21(18)28-15-13-27(14-16-28)12-11-26(2)3/h5-10H,4,11-16H2,1-3H3. The van der Waals surface area contributed by atoms with Crippen molar-refractivity contribution in [3.63, 3.8) is 0 Å². The van der Waals surface area contributed by atoms with Gasteiger partial charge in [0.2, 0.25) is 5.89 Å². The smallest absolute Gasteiger partial charge is 0.347 e. The van der Waals surface area contributed by atoms with Crippen molar-refractivity contribution in [1.82, 2.24) is 19.8 Å². The average molecular weight is 408 g/mol. The van der Waals surface area contributed by atoms with Gasteiger partial charge in [-0.2, -0.15) is 0 Å². The van der Waals surface area contributed by atoms with E-state index in [1.165, 1.54) is 0 Å². The molecule has 0 radical (unpaired) electrons. The Bertz CT molecular complexity index is 1070. The van der Waals surface area contributed by atoms with E-state index in [4.69, 9.17) is 4.42 Å². The molecule has 3 heterocycles. The molecule has 1 aliphatic rings. The quantitative estimate of drug-likeness (QED) is 0.622. The summed E-state index contributed by atoms with van der Waals surface area (Å²) in [7, 11) is 4.20. The second-order valence-corrected chi connectivity index (χ2v) is 7.98. The molecule has 0 aliphatic carbocycles. The molecule has 0 amide bonds. The van der Waals surface area contributed by atoms with Crippen molar-refractivity contribution in [3.05, 3.63) is 52.5 Å². The molecule has 158 valence electrons. The fourth-order valence-corrected chi connectivity index (χ4v) is 3.94. The van der Waals surface area contributed by atoms with Crippen LogP contribution >= 0.6 is 0 Å². The molecule has 7 heteroatoms. The van der Waals surface area contributed by atoms with Crippen molar-refractivity contribution < 1.29 is 4.42 Å². The number of benzene rings is 1. The van der Waals surface area contributed by atoms with Crippen LogP contribution in [0, 0.1) is 0 Å². The maximum atomic E-state index is 12.8. The van der Waals surface area contributed by atoms with E-state index in [9.17, 15) is 4.79 Å². The second-order valence-electron chi connectivity index (χ2n) is 7.98. The number of hydrogen-bond acceptors (Lipinski definition) is 7. The third kappa shape index (κ3) is 4.22. The van der Waals surface area contributed by atoms with Crippen LogP contribution in [0.15, 0.2) is 45.7 Å². The number of rotatable bonds is 6. The Morgan fingerprint density at radius 3 is 2.63 bits per heavy atom. The Morgan fingerprint density at radius 1 is 1.10 bits per heavy atom. The van der Waals surface area contributed by atoms with Gasteiger partial charge >= 0.3 is 5.63 Å². The van der Waals surface area contributed by atoms with Gasteiger partial charge in [-0.15, -0.1) is 0 Å². The topological polar surface area (TPSA) is 65.7 Å². The molecule has 7 nitrogen and oxygen atoms in total. The minimum atomic E-state index is -0.337. The van der Waals surface area contributed by atoms with Crippen molar-refractivity contribution in [2.45, 2.75) is 13.3 Å². The number of anilines is 1. The normalized spacial score (nSPS) is 15.3. The summed E-state index contributed by atoms with van der Waals surface area (Å²) in [6.45, 7) is 7.89. The molecule has 0 unspecified atom stereocenters. The minimum Gasteiger partial charge on any atom is -0.403 e. The number of fused-ring (bicyclic) bond motifs is 1. The van der Waals surface area contributed by atoms with E-state index < -0.39 is 0 Å². The van der Waals surface area contributed by atoms with Gasteiger partial charge in [0.1, 0.15) is 5.82 Å². The molecular weight excluding hydrogens is 378 g/mol. The fraction of sp³-hybridized carbons (Fsp3) is 0.435. The maximum absolute atomic E-state index is 12.8. The van der Waals surface area contributed by atoms with Crippen LogP contribution in [0.2, 0.25) is 0 Å². The van der Waals surface area contributed by atoms with E-state index in [2.05, 4.69) is 38.8 Å². The van der Waals surface area contributed by atoms with Crippen LogP contribution in [0.1, 0.15) is 12.5 Å². The van der Waals surface area contributed by atoms with E-state index in [1.54, 1.807) is 6.20 Å². The van der Waals surface area contributed by atoms with Crippen LogP contribution in [0.5, 0.6) is 0 Å². The molecule has 30 heavy (non-hydrogen) atoms. The van der Waals surface area contributed by atoms with Gasteiger partial charge in [0.15, 0.2) is 0 Å².